The summed E-state index contributed by atoms with van der Waals surface area (Å²) in [6, 6.07) is -0.402. The van der Waals surface area contributed by atoms with Crippen molar-refractivity contribution in [3.63, 3.8) is 0 Å². The molecule has 4 heteroatoms. The number of rotatable bonds is 4. The summed E-state index contributed by atoms with van der Waals surface area (Å²) in [5, 5.41) is 0. The average molecular weight is 198 g/mol. The summed E-state index contributed by atoms with van der Waals surface area (Å²) in [7, 11) is 0. The molecule has 0 aromatic carbocycles. The Balaban J connectivity index is 2.66. The first-order valence-corrected chi connectivity index (χ1v) is 5.15. The maximum atomic E-state index is 11.5. The van der Waals surface area contributed by atoms with Crippen LogP contribution in [0.3, 0.4) is 0 Å². The monoisotopic (exact) mass is 198 g/mol. The molecule has 0 aromatic rings. The van der Waals surface area contributed by atoms with Crippen molar-refractivity contribution in [3.8, 4) is 0 Å². The number of Topliss-reactive ketones (excluding diaryl/α,β-unsaturated/α-hetero) is 1. The van der Waals surface area contributed by atoms with Gasteiger partial charge >= 0.3 is 0 Å². The molecule has 2 unspecified atom stereocenters. The molecule has 0 aliphatic carbocycles. The van der Waals surface area contributed by atoms with Crippen molar-refractivity contribution >= 4 is 11.7 Å². The van der Waals surface area contributed by atoms with E-state index in [1.807, 2.05) is 18.7 Å². The normalized spacial score (nSPS) is 24.9. The highest BCUT2D eigenvalue weighted by Gasteiger charge is 2.34. The Bertz CT molecular complexity index is 240. The highest BCUT2D eigenvalue weighted by Crippen LogP contribution is 2.20. The highest BCUT2D eigenvalue weighted by atomic mass is 16.1. The standard InChI is InChI=1S/C10H18N2O2/c1-3-9(13)7(2)12-6-4-5-8(12)10(11)14/h7-8H,3-6H2,1-2H3,(H2,11,14). The van der Waals surface area contributed by atoms with Gasteiger partial charge in [0.1, 0.15) is 5.78 Å². The maximum Gasteiger partial charge on any atom is 0.234 e. The molecule has 0 saturated carbocycles. The van der Waals surface area contributed by atoms with Gasteiger partial charge in [-0.15, -0.1) is 0 Å². The molecule has 1 aliphatic heterocycles. The zero-order valence-electron chi connectivity index (χ0n) is 8.82. The predicted molar refractivity (Wildman–Crippen MR) is 53.7 cm³/mol. The van der Waals surface area contributed by atoms with Crippen molar-refractivity contribution in [2.45, 2.75) is 45.2 Å². The molecule has 1 amide bonds. The van der Waals surface area contributed by atoms with E-state index in [2.05, 4.69) is 0 Å². The molecule has 4 nitrogen and oxygen atoms in total. The van der Waals surface area contributed by atoms with Crippen LogP contribution in [0.25, 0.3) is 0 Å². The first-order valence-electron chi connectivity index (χ1n) is 5.15. The van der Waals surface area contributed by atoms with Gasteiger partial charge in [-0.1, -0.05) is 6.92 Å². The van der Waals surface area contributed by atoms with Gasteiger partial charge in [0.15, 0.2) is 0 Å². The van der Waals surface area contributed by atoms with Gasteiger partial charge in [0, 0.05) is 6.42 Å². The average Bonchev–Trinajstić information content (AvgIpc) is 2.63. The number of likely N-dealkylation sites (tertiary alicyclic amines) is 1. The zero-order valence-corrected chi connectivity index (χ0v) is 8.82. The minimum Gasteiger partial charge on any atom is -0.368 e. The summed E-state index contributed by atoms with van der Waals surface area (Å²) in [4.78, 5) is 24.5. The van der Waals surface area contributed by atoms with Gasteiger partial charge in [-0.25, -0.2) is 0 Å². The van der Waals surface area contributed by atoms with E-state index in [0.717, 1.165) is 19.4 Å². The number of nitrogens with zero attached hydrogens (tertiary/aromatic N) is 1. The Hall–Kier alpha value is -0.900. The third-order valence-corrected chi connectivity index (χ3v) is 2.93. The first kappa shape index (κ1) is 11.2. The Morgan fingerprint density at radius 1 is 1.57 bits per heavy atom. The first-order chi connectivity index (χ1) is 6.57. The van der Waals surface area contributed by atoms with Crippen molar-refractivity contribution in [1.82, 2.24) is 4.90 Å². The number of primary amides is 1. The fourth-order valence-electron chi connectivity index (χ4n) is 2.04. The van der Waals surface area contributed by atoms with E-state index in [1.165, 1.54) is 0 Å². The number of nitrogens with two attached hydrogens (primary N) is 1. The number of carbonyl (C=O) groups excluding carboxylic acids is 2. The molecule has 0 spiro atoms. The number of carbonyl (C=O) groups is 2. The van der Waals surface area contributed by atoms with Crippen molar-refractivity contribution in [1.29, 1.82) is 0 Å². The van der Waals surface area contributed by atoms with Crippen LogP contribution >= 0.6 is 0 Å². The third-order valence-electron chi connectivity index (χ3n) is 2.93. The van der Waals surface area contributed by atoms with E-state index in [1.54, 1.807) is 0 Å². The largest absolute Gasteiger partial charge is 0.368 e. The fourth-order valence-corrected chi connectivity index (χ4v) is 2.04. The summed E-state index contributed by atoms with van der Waals surface area (Å²) in [6.45, 7) is 4.50. The molecule has 1 aliphatic rings. The SMILES string of the molecule is CCC(=O)C(C)N1CCCC1C(N)=O. The predicted octanol–water partition coefficient (Wildman–Crippen LogP) is 0.304. The lowest BCUT2D eigenvalue weighted by Crippen LogP contribution is -2.47. The molecule has 0 aromatic heterocycles. The molecule has 2 N–H and O–H groups in total. The fraction of sp³-hybridized carbons (Fsp3) is 0.800. The molecule has 1 saturated heterocycles. The van der Waals surface area contributed by atoms with Crippen LogP contribution in [0.1, 0.15) is 33.1 Å². The summed E-state index contributed by atoms with van der Waals surface area (Å²) < 4.78 is 0. The Labute approximate surface area is 84.4 Å². The van der Waals surface area contributed by atoms with Crippen molar-refractivity contribution < 1.29 is 9.59 Å². The van der Waals surface area contributed by atoms with Crippen LogP contribution in [0.5, 0.6) is 0 Å². The molecule has 1 heterocycles. The number of ketones is 1. The van der Waals surface area contributed by atoms with Crippen LogP contribution in [0.15, 0.2) is 0 Å². The number of hydrogen-bond acceptors (Lipinski definition) is 3. The second-order valence-electron chi connectivity index (χ2n) is 3.79. The van der Waals surface area contributed by atoms with Gasteiger partial charge in [-0.2, -0.15) is 0 Å². The van der Waals surface area contributed by atoms with Gasteiger partial charge in [0.25, 0.3) is 0 Å². The van der Waals surface area contributed by atoms with Crippen molar-refractivity contribution in [2.24, 2.45) is 5.73 Å². The second kappa shape index (κ2) is 4.55. The molecule has 14 heavy (non-hydrogen) atoms. The summed E-state index contributed by atoms with van der Waals surface area (Å²) >= 11 is 0. The molecule has 0 bridgehead atoms. The molecular weight excluding hydrogens is 180 g/mol. The maximum absolute atomic E-state index is 11.5. The Kier molecular flexibility index (Phi) is 3.63. The minimum absolute atomic E-state index is 0.167. The van der Waals surface area contributed by atoms with Crippen LogP contribution in [-0.4, -0.2) is 35.2 Å². The Morgan fingerprint density at radius 3 is 2.71 bits per heavy atom. The van der Waals surface area contributed by atoms with Crippen LogP contribution in [0, 0.1) is 0 Å². The van der Waals surface area contributed by atoms with Crippen molar-refractivity contribution in [3.05, 3.63) is 0 Å². The Morgan fingerprint density at radius 2 is 2.21 bits per heavy atom. The van der Waals surface area contributed by atoms with E-state index in [4.69, 9.17) is 5.73 Å². The summed E-state index contributed by atoms with van der Waals surface area (Å²) in [5.41, 5.74) is 5.28. The lowest BCUT2D eigenvalue weighted by molar-refractivity contribution is -0.127. The quantitative estimate of drug-likeness (QED) is 0.706. The van der Waals surface area contributed by atoms with Gasteiger partial charge < -0.3 is 5.73 Å². The van der Waals surface area contributed by atoms with E-state index >= 15 is 0 Å². The molecular formula is C10H18N2O2. The van der Waals surface area contributed by atoms with Gasteiger partial charge in [-0.05, 0) is 26.3 Å². The third kappa shape index (κ3) is 2.12. The van der Waals surface area contributed by atoms with E-state index in [0.29, 0.717) is 6.42 Å². The highest BCUT2D eigenvalue weighted by molar-refractivity contribution is 5.85. The molecule has 2 atom stereocenters. The van der Waals surface area contributed by atoms with Gasteiger partial charge in [0.2, 0.25) is 5.91 Å². The summed E-state index contributed by atoms with van der Waals surface area (Å²) in [5.74, 6) is -0.128. The van der Waals surface area contributed by atoms with Crippen LogP contribution < -0.4 is 5.73 Å². The van der Waals surface area contributed by atoms with Gasteiger partial charge in [-0.3, -0.25) is 14.5 Å². The minimum atomic E-state index is -0.307. The van der Waals surface area contributed by atoms with E-state index in [9.17, 15) is 9.59 Å². The smallest absolute Gasteiger partial charge is 0.234 e. The molecule has 0 radical (unpaired) electrons. The van der Waals surface area contributed by atoms with Gasteiger partial charge in [0.05, 0.1) is 12.1 Å². The van der Waals surface area contributed by atoms with Crippen LogP contribution in [-0.2, 0) is 9.59 Å². The molecule has 1 rings (SSSR count). The van der Waals surface area contributed by atoms with Crippen molar-refractivity contribution in [2.75, 3.05) is 6.54 Å². The number of amides is 1. The van der Waals surface area contributed by atoms with Crippen LogP contribution in [0.2, 0.25) is 0 Å². The lowest BCUT2D eigenvalue weighted by Gasteiger charge is -2.27. The number of hydrogen-bond donors (Lipinski definition) is 1. The van der Waals surface area contributed by atoms with E-state index in [-0.39, 0.29) is 23.8 Å². The van der Waals surface area contributed by atoms with Crippen LogP contribution in [0.4, 0.5) is 0 Å². The molecule has 1 fully saturated rings. The topological polar surface area (TPSA) is 63.4 Å². The lowest BCUT2D eigenvalue weighted by atomic mass is 10.1. The second-order valence-corrected chi connectivity index (χ2v) is 3.79. The molecule has 80 valence electrons. The summed E-state index contributed by atoms with van der Waals surface area (Å²) in [6.07, 6.45) is 2.26. The van der Waals surface area contributed by atoms with E-state index < -0.39 is 0 Å². The zero-order chi connectivity index (χ0) is 10.7.